The smallest absolute Gasteiger partial charge is 0.338 e. The Bertz CT molecular complexity index is 679. The molecule has 136 valence electrons. The number of nitro groups is 1. The van der Waals surface area contributed by atoms with Gasteiger partial charge in [0.05, 0.1) is 15.0 Å². The normalized spacial score (nSPS) is 22.9. The van der Waals surface area contributed by atoms with E-state index in [9.17, 15) is 19.7 Å². The fraction of sp³-hybridized carbons (Fsp3) is 0.529. The van der Waals surface area contributed by atoms with Gasteiger partial charge in [-0.2, -0.15) is 0 Å². The summed E-state index contributed by atoms with van der Waals surface area (Å²) in [4.78, 5) is 34.3. The first-order valence-electron chi connectivity index (χ1n) is 8.20. The average Bonchev–Trinajstić information content (AvgIpc) is 2.57. The molecule has 0 radical (unpaired) electrons. The van der Waals surface area contributed by atoms with Crippen LogP contribution in [-0.2, 0) is 9.53 Å². The second-order valence-corrected chi connectivity index (χ2v) is 7.30. The van der Waals surface area contributed by atoms with E-state index in [1.54, 1.807) is 0 Å². The van der Waals surface area contributed by atoms with Crippen LogP contribution >= 0.6 is 15.9 Å². The number of hydrogen-bond acceptors (Lipinski definition) is 5. The standard InChI is InChI=1S/C17H21BrN2O5/c1-10-4-3-5-14(11(10)2)19-16(21)9-25-17(22)12-6-7-13(18)15(8-12)20(23)24/h6-8,10-11,14H,3-5,9H2,1-2H3,(H,19,21)/t10-,11+,14+/m0/s1. The van der Waals surface area contributed by atoms with Gasteiger partial charge in [-0.1, -0.05) is 26.7 Å². The Labute approximate surface area is 154 Å². The van der Waals surface area contributed by atoms with Crippen LogP contribution in [0.1, 0.15) is 43.5 Å². The minimum absolute atomic E-state index is 0.0300. The predicted molar refractivity (Wildman–Crippen MR) is 95.2 cm³/mol. The molecular weight excluding hydrogens is 392 g/mol. The summed E-state index contributed by atoms with van der Waals surface area (Å²) in [6, 6.07) is 4.01. The molecule has 25 heavy (non-hydrogen) atoms. The van der Waals surface area contributed by atoms with E-state index in [0.717, 1.165) is 25.3 Å². The predicted octanol–water partition coefficient (Wildman–Crippen LogP) is 3.46. The van der Waals surface area contributed by atoms with Crippen LogP contribution < -0.4 is 5.32 Å². The average molecular weight is 413 g/mol. The highest BCUT2D eigenvalue weighted by molar-refractivity contribution is 9.10. The molecule has 2 rings (SSSR count). The van der Waals surface area contributed by atoms with Gasteiger partial charge >= 0.3 is 5.97 Å². The van der Waals surface area contributed by atoms with Crippen LogP contribution in [0, 0.1) is 22.0 Å². The van der Waals surface area contributed by atoms with Crippen LogP contribution in [0.3, 0.4) is 0 Å². The van der Waals surface area contributed by atoms with Crippen molar-refractivity contribution in [1.82, 2.24) is 5.32 Å². The zero-order chi connectivity index (χ0) is 18.6. The molecule has 8 heteroatoms. The van der Waals surface area contributed by atoms with Crippen LogP contribution in [0.2, 0.25) is 0 Å². The molecule has 0 saturated heterocycles. The number of rotatable bonds is 5. The van der Waals surface area contributed by atoms with Crippen LogP contribution in [0.5, 0.6) is 0 Å². The number of nitrogens with one attached hydrogen (secondary N) is 1. The number of carbonyl (C=O) groups excluding carboxylic acids is 2. The molecule has 0 heterocycles. The molecule has 3 atom stereocenters. The van der Waals surface area contributed by atoms with Crippen molar-refractivity contribution in [2.75, 3.05) is 6.61 Å². The number of ether oxygens (including phenoxy) is 1. The number of nitrogens with zero attached hydrogens (tertiary/aromatic N) is 1. The Hall–Kier alpha value is -1.96. The number of halogens is 1. The van der Waals surface area contributed by atoms with Gasteiger partial charge in [-0.15, -0.1) is 0 Å². The third-order valence-electron chi connectivity index (χ3n) is 4.77. The monoisotopic (exact) mass is 412 g/mol. The number of amides is 1. The van der Waals surface area contributed by atoms with Gasteiger partial charge in [0.25, 0.3) is 11.6 Å². The molecule has 0 aliphatic heterocycles. The summed E-state index contributed by atoms with van der Waals surface area (Å²) in [5.74, 6) is -0.200. The lowest BCUT2D eigenvalue weighted by atomic mass is 9.78. The fourth-order valence-corrected chi connectivity index (χ4v) is 3.42. The minimum Gasteiger partial charge on any atom is -0.452 e. The lowest BCUT2D eigenvalue weighted by Crippen LogP contribution is -2.45. The molecule has 1 N–H and O–H groups in total. The largest absolute Gasteiger partial charge is 0.452 e. The van der Waals surface area contributed by atoms with Gasteiger partial charge in [0.1, 0.15) is 0 Å². The van der Waals surface area contributed by atoms with E-state index in [1.165, 1.54) is 12.1 Å². The molecule has 1 fully saturated rings. The van der Waals surface area contributed by atoms with E-state index in [1.807, 2.05) is 0 Å². The van der Waals surface area contributed by atoms with Crippen molar-refractivity contribution in [3.8, 4) is 0 Å². The number of carbonyl (C=O) groups is 2. The first-order chi connectivity index (χ1) is 11.8. The molecule has 0 bridgehead atoms. The maximum atomic E-state index is 12.0. The zero-order valence-corrected chi connectivity index (χ0v) is 15.7. The lowest BCUT2D eigenvalue weighted by Gasteiger charge is -2.34. The Kier molecular flexibility index (Phi) is 6.52. The summed E-state index contributed by atoms with van der Waals surface area (Å²) in [6.45, 7) is 3.88. The van der Waals surface area contributed by atoms with Crippen molar-refractivity contribution in [3.05, 3.63) is 38.3 Å². The number of benzene rings is 1. The van der Waals surface area contributed by atoms with Crippen LogP contribution in [0.15, 0.2) is 22.7 Å². The van der Waals surface area contributed by atoms with Gasteiger partial charge in [-0.05, 0) is 46.3 Å². The van der Waals surface area contributed by atoms with E-state index in [2.05, 4.69) is 35.1 Å². The summed E-state index contributed by atoms with van der Waals surface area (Å²) in [6.07, 6.45) is 3.15. The van der Waals surface area contributed by atoms with Crippen LogP contribution in [0.25, 0.3) is 0 Å². The van der Waals surface area contributed by atoms with Crippen molar-refractivity contribution in [2.24, 2.45) is 11.8 Å². The van der Waals surface area contributed by atoms with Crippen molar-refractivity contribution < 1.29 is 19.2 Å². The third-order valence-corrected chi connectivity index (χ3v) is 5.44. The van der Waals surface area contributed by atoms with Gasteiger partial charge in [-0.25, -0.2) is 4.79 Å². The van der Waals surface area contributed by atoms with E-state index in [-0.39, 0.29) is 27.7 Å². The SMILES string of the molecule is C[C@@H]1[C@@H](C)CCC[C@H]1NC(=O)COC(=O)c1ccc(Br)c([N+](=O)[O-])c1. The van der Waals surface area contributed by atoms with Crippen LogP contribution in [-0.4, -0.2) is 29.4 Å². The van der Waals surface area contributed by atoms with Crippen molar-refractivity contribution in [3.63, 3.8) is 0 Å². The summed E-state index contributed by atoms with van der Waals surface area (Å²) >= 11 is 3.05. The molecule has 7 nitrogen and oxygen atoms in total. The molecule has 1 amide bonds. The molecule has 1 aliphatic carbocycles. The van der Waals surface area contributed by atoms with Crippen LogP contribution in [0.4, 0.5) is 5.69 Å². The van der Waals surface area contributed by atoms with Gasteiger partial charge < -0.3 is 10.1 Å². The second-order valence-electron chi connectivity index (χ2n) is 6.44. The maximum absolute atomic E-state index is 12.0. The number of hydrogen-bond donors (Lipinski definition) is 1. The fourth-order valence-electron chi connectivity index (χ4n) is 3.03. The Balaban J connectivity index is 1.90. The molecule has 1 aromatic carbocycles. The number of nitro benzene ring substituents is 1. The summed E-state index contributed by atoms with van der Waals surface area (Å²) in [5.41, 5.74) is -0.203. The third kappa shape index (κ3) is 5.01. The van der Waals surface area contributed by atoms with Gasteiger partial charge in [0.2, 0.25) is 0 Å². The second kappa shape index (κ2) is 8.42. The highest BCUT2D eigenvalue weighted by Crippen LogP contribution is 2.29. The zero-order valence-electron chi connectivity index (χ0n) is 14.2. The topological polar surface area (TPSA) is 98.5 Å². The van der Waals surface area contributed by atoms with Gasteiger partial charge in [-0.3, -0.25) is 14.9 Å². The van der Waals surface area contributed by atoms with E-state index in [0.29, 0.717) is 11.8 Å². The van der Waals surface area contributed by atoms with Gasteiger partial charge in [0, 0.05) is 12.1 Å². The highest BCUT2D eigenvalue weighted by Gasteiger charge is 2.28. The highest BCUT2D eigenvalue weighted by atomic mass is 79.9. The lowest BCUT2D eigenvalue weighted by molar-refractivity contribution is -0.385. The summed E-state index contributed by atoms with van der Waals surface area (Å²) in [7, 11) is 0. The Morgan fingerprint density at radius 1 is 1.36 bits per heavy atom. The van der Waals surface area contributed by atoms with E-state index in [4.69, 9.17) is 4.74 Å². The molecule has 1 saturated carbocycles. The molecular formula is C17H21BrN2O5. The van der Waals surface area contributed by atoms with E-state index >= 15 is 0 Å². The molecule has 1 aromatic rings. The molecule has 0 aromatic heterocycles. The van der Waals surface area contributed by atoms with Gasteiger partial charge in [0.15, 0.2) is 6.61 Å². The van der Waals surface area contributed by atoms with Crippen molar-refractivity contribution in [2.45, 2.75) is 39.2 Å². The summed E-state index contributed by atoms with van der Waals surface area (Å²) in [5, 5.41) is 13.8. The first kappa shape index (κ1) is 19.4. The molecule has 0 spiro atoms. The van der Waals surface area contributed by atoms with E-state index < -0.39 is 17.5 Å². The quantitative estimate of drug-likeness (QED) is 0.453. The first-order valence-corrected chi connectivity index (χ1v) is 8.99. The maximum Gasteiger partial charge on any atom is 0.338 e. The van der Waals surface area contributed by atoms with Crippen molar-refractivity contribution >= 4 is 33.5 Å². The summed E-state index contributed by atoms with van der Waals surface area (Å²) < 4.78 is 5.25. The Morgan fingerprint density at radius 3 is 2.76 bits per heavy atom. The molecule has 1 aliphatic rings. The minimum atomic E-state index is -0.768. The molecule has 0 unspecified atom stereocenters. The van der Waals surface area contributed by atoms with Crippen molar-refractivity contribution in [1.29, 1.82) is 0 Å². The Morgan fingerprint density at radius 2 is 2.08 bits per heavy atom. The number of esters is 1.